The molecule has 0 atom stereocenters. The van der Waals surface area contributed by atoms with Crippen LogP contribution in [0.1, 0.15) is 43.5 Å². The number of hydrogen-bond donors (Lipinski definition) is 0. The molecule has 2 rings (SSSR count). The fraction of sp³-hybridized carbons (Fsp3) is 0.769. The van der Waals surface area contributed by atoms with Gasteiger partial charge in [0.15, 0.2) is 5.89 Å². The van der Waals surface area contributed by atoms with Crippen molar-refractivity contribution in [3.63, 3.8) is 0 Å². The van der Waals surface area contributed by atoms with Gasteiger partial charge in [-0.2, -0.15) is 0 Å². The zero-order chi connectivity index (χ0) is 12.4. The lowest BCUT2D eigenvalue weighted by Gasteiger charge is -2.33. The highest BCUT2D eigenvalue weighted by Crippen LogP contribution is 2.21. The first kappa shape index (κ1) is 12.6. The van der Waals surface area contributed by atoms with E-state index in [9.17, 15) is 4.39 Å². The fourth-order valence-corrected chi connectivity index (χ4v) is 2.25. The Morgan fingerprint density at radius 3 is 2.71 bits per heavy atom. The highest BCUT2D eigenvalue weighted by Gasteiger charge is 2.25. The quantitative estimate of drug-likeness (QED) is 0.792. The smallest absolute Gasteiger partial charge is 0.194 e. The number of oxazole rings is 1. The van der Waals surface area contributed by atoms with Crippen LogP contribution in [0.5, 0.6) is 0 Å². The highest BCUT2D eigenvalue weighted by atomic mass is 19.1. The summed E-state index contributed by atoms with van der Waals surface area (Å²) in [5.74, 6) is 2.20. The monoisotopic (exact) mass is 240 g/mol. The Labute approximate surface area is 102 Å². The molecule has 0 spiro atoms. The van der Waals surface area contributed by atoms with Gasteiger partial charge in [0, 0.05) is 25.4 Å². The Morgan fingerprint density at radius 2 is 2.18 bits per heavy atom. The molecule has 1 aromatic heterocycles. The SMILES string of the molecule is Cc1nc(CCCN2CC(F)C2)oc1C(C)C. The summed E-state index contributed by atoms with van der Waals surface area (Å²) in [4.78, 5) is 6.56. The lowest BCUT2D eigenvalue weighted by atomic mass is 10.1. The van der Waals surface area contributed by atoms with Crippen molar-refractivity contribution in [2.75, 3.05) is 19.6 Å². The van der Waals surface area contributed by atoms with Crippen LogP contribution in [0, 0.1) is 6.92 Å². The molecule has 0 N–H and O–H groups in total. The van der Waals surface area contributed by atoms with Gasteiger partial charge in [0.25, 0.3) is 0 Å². The van der Waals surface area contributed by atoms with Crippen LogP contribution < -0.4 is 0 Å². The highest BCUT2D eigenvalue weighted by molar-refractivity contribution is 5.11. The lowest BCUT2D eigenvalue weighted by Crippen LogP contribution is -2.48. The summed E-state index contributed by atoms with van der Waals surface area (Å²) in [5, 5.41) is 0. The van der Waals surface area contributed by atoms with Crippen molar-refractivity contribution < 1.29 is 8.81 Å². The van der Waals surface area contributed by atoms with Gasteiger partial charge in [-0.1, -0.05) is 13.8 Å². The summed E-state index contributed by atoms with van der Waals surface area (Å²) in [6.45, 7) is 8.35. The summed E-state index contributed by atoms with van der Waals surface area (Å²) in [5.41, 5.74) is 1.00. The van der Waals surface area contributed by atoms with Gasteiger partial charge in [0.1, 0.15) is 11.9 Å². The first-order chi connectivity index (χ1) is 8.06. The van der Waals surface area contributed by atoms with Gasteiger partial charge in [-0.05, 0) is 19.9 Å². The zero-order valence-electron chi connectivity index (χ0n) is 10.9. The molecule has 2 heterocycles. The van der Waals surface area contributed by atoms with Gasteiger partial charge < -0.3 is 4.42 Å². The van der Waals surface area contributed by atoms with Crippen LogP contribution in [0.4, 0.5) is 4.39 Å². The number of aromatic nitrogens is 1. The molecular formula is C13H21FN2O. The molecule has 17 heavy (non-hydrogen) atoms. The van der Waals surface area contributed by atoms with Gasteiger partial charge in [-0.25, -0.2) is 9.37 Å². The summed E-state index contributed by atoms with van der Waals surface area (Å²) in [7, 11) is 0. The largest absolute Gasteiger partial charge is 0.445 e. The molecule has 1 aliphatic heterocycles. The molecule has 1 saturated heterocycles. The molecule has 4 heteroatoms. The summed E-state index contributed by atoms with van der Waals surface area (Å²) in [6.07, 6.45) is 1.23. The Bertz CT molecular complexity index is 369. The average Bonchev–Trinajstić information content (AvgIpc) is 2.57. The van der Waals surface area contributed by atoms with Gasteiger partial charge in [-0.15, -0.1) is 0 Å². The predicted molar refractivity (Wildman–Crippen MR) is 65.0 cm³/mol. The van der Waals surface area contributed by atoms with Crippen molar-refractivity contribution in [1.82, 2.24) is 9.88 Å². The molecule has 1 fully saturated rings. The number of halogens is 1. The minimum Gasteiger partial charge on any atom is -0.445 e. The second kappa shape index (κ2) is 5.17. The van der Waals surface area contributed by atoms with Crippen LogP contribution in [-0.4, -0.2) is 35.7 Å². The topological polar surface area (TPSA) is 29.3 Å². The van der Waals surface area contributed by atoms with Gasteiger partial charge in [-0.3, -0.25) is 4.90 Å². The number of aryl methyl sites for hydroxylation is 2. The molecule has 0 bridgehead atoms. The molecule has 0 amide bonds. The van der Waals surface area contributed by atoms with E-state index in [0.29, 0.717) is 19.0 Å². The number of nitrogens with zero attached hydrogens (tertiary/aromatic N) is 2. The Hall–Kier alpha value is -0.900. The molecule has 1 aliphatic rings. The molecular weight excluding hydrogens is 219 g/mol. The molecule has 0 aromatic carbocycles. The van der Waals surface area contributed by atoms with Crippen molar-refractivity contribution >= 4 is 0 Å². The maximum Gasteiger partial charge on any atom is 0.194 e. The van der Waals surface area contributed by atoms with E-state index in [1.54, 1.807) is 0 Å². The molecule has 96 valence electrons. The summed E-state index contributed by atoms with van der Waals surface area (Å²) >= 11 is 0. The van der Waals surface area contributed by atoms with E-state index >= 15 is 0 Å². The Balaban J connectivity index is 1.77. The summed E-state index contributed by atoms with van der Waals surface area (Å²) < 4.78 is 18.3. The minimum absolute atomic E-state index is 0.388. The molecule has 0 radical (unpaired) electrons. The van der Waals surface area contributed by atoms with Crippen molar-refractivity contribution in [1.29, 1.82) is 0 Å². The van der Waals surface area contributed by atoms with Crippen molar-refractivity contribution in [3.05, 3.63) is 17.3 Å². The first-order valence-electron chi connectivity index (χ1n) is 6.39. The van der Waals surface area contributed by atoms with Gasteiger partial charge in [0.05, 0.1) is 5.69 Å². The molecule has 0 aliphatic carbocycles. The third kappa shape index (κ3) is 3.06. The normalized spacial score (nSPS) is 17.7. The Morgan fingerprint density at radius 1 is 1.47 bits per heavy atom. The van der Waals surface area contributed by atoms with Gasteiger partial charge >= 0.3 is 0 Å². The molecule has 1 aromatic rings. The van der Waals surface area contributed by atoms with Crippen LogP contribution in [0.15, 0.2) is 4.42 Å². The van der Waals surface area contributed by atoms with E-state index < -0.39 is 6.17 Å². The third-order valence-corrected chi connectivity index (χ3v) is 3.18. The number of rotatable bonds is 5. The van der Waals surface area contributed by atoms with Crippen LogP contribution in [0.3, 0.4) is 0 Å². The fourth-order valence-electron chi connectivity index (χ4n) is 2.25. The van der Waals surface area contributed by atoms with E-state index in [1.807, 2.05) is 6.92 Å². The Kier molecular flexibility index (Phi) is 3.82. The number of hydrogen-bond acceptors (Lipinski definition) is 3. The molecule has 0 unspecified atom stereocenters. The van der Waals surface area contributed by atoms with E-state index in [-0.39, 0.29) is 0 Å². The van der Waals surface area contributed by atoms with E-state index in [4.69, 9.17) is 4.42 Å². The van der Waals surface area contributed by atoms with Gasteiger partial charge in [0.2, 0.25) is 0 Å². The third-order valence-electron chi connectivity index (χ3n) is 3.18. The second-order valence-electron chi connectivity index (χ2n) is 5.17. The van der Waals surface area contributed by atoms with E-state index in [2.05, 4.69) is 23.7 Å². The maximum atomic E-state index is 12.6. The maximum absolute atomic E-state index is 12.6. The first-order valence-corrected chi connectivity index (χ1v) is 6.39. The molecule has 3 nitrogen and oxygen atoms in total. The van der Waals surface area contributed by atoms with Crippen molar-refractivity contribution in [3.8, 4) is 0 Å². The average molecular weight is 240 g/mol. The minimum atomic E-state index is -0.605. The van der Waals surface area contributed by atoms with E-state index in [1.165, 1.54) is 0 Å². The molecule has 0 saturated carbocycles. The summed E-state index contributed by atoms with van der Waals surface area (Å²) in [6, 6.07) is 0. The van der Waals surface area contributed by atoms with Crippen LogP contribution in [0.2, 0.25) is 0 Å². The van der Waals surface area contributed by atoms with Crippen LogP contribution >= 0.6 is 0 Å². The number of likely N-dealkylation sites (tertiary alicyclic amines) is 1. The zero-order valence-corrected chi connectivity index (χ0v) is 10.9. The lowest BCUT2D eigenvalue weighted by molar-refractivity contribution is 0.0646. The van der Waals surface area contributed by atoms with Crippen molar-refractivity contribution in [2.45, 2.75) is 45.7 Å². The van der Waals surface area contributed by atoms with Crippen LogP contribution in [-0.2, 0) is 6.42 Å². The van der Waals surface area contributed by atoms with Crippen molar-refractivity contribution in [2.24, 2.45) is 0 Å². The standard InChI is InChI=1S/C13H21FN2O/c1-9(2)13-10(3)15-12(17-13)5-4-6-16-7-11(14)8-16/h9,11H,4-8H2,1-3H3. The predicted octanol–water partition coefficient (Wildman–Crippen LogP) is 2.69. The van der Waals surface area contributed by atoms with E-state index in [0.717, 1.165) is 36.7 Å². The number of alkyl halides is 1. The second-order valence-corrected chi connectivity index (χ2v) is 5.17. The van der Waals surface area contributed by atoms with Crippen LogP contribution in [0.25, 0.3) is 0 Å².